The minimum Gasteiger partial charge on any atom is -0.434 e. The second-order valence-electron chi connectivity index (χ2n) is 12.4. The predicted molar refractivity (Wildman–Crippen MR) is 174 cm³/mol. The number of carbonyl (C=O) groups is 1. The monoisotopic (exact) mass is 678 g/mol. The normalized spacial score (nSPS) is 16.6. The number of benzene rings is 1. The summed E-state index contributed by atoms with van der Waals surface area (Å²) >= 11 is 1.56. The molecule has 2 fully saturated rings. The number of fused-ring (bicyclic) bond motifs is 1. The lowest BCUT2D eigenvalue weighted by molar-refractivity contribution is -0.0494. The minimum absolute atomic E-state index is 0.0697. The Morgan fingerprint density at radius 1 is 1.15 bits per heavy atom. The van der Waals surface area contributed by atoms with E-state index in [0.29, 0.717) is 23.1 Å². The SMILES string of the molecule is CC(C)Sc1ccc(OC(F)F)c(-c2nn(Cc3nnn(C4CN(C5CCN(C)CC5)C4)n3)cc2NC(=O)c2cnn3cccnc23)c1. The van der Waals surface area contributed by atoms with Crippen LogP contribution in [0.1, 0.15) is 48.9 Å². The van der Waals surface area contributed by atoms with Crippen molar-refractivity contribution in [1.82, 2.24) is 54.4 Å². The molecule has 2 saturated heterocycles. The van der Waals surface area contributed by atoms with Gasteiger partial charge in [0.05, 0.1) is 17.9 Å². The topological polar surface area (TPSA) is 136 Å². The van der Waals surface area contributed by atoms with Gasteiger partial charge in [-0.15, -0.1) is 22.0 Å². The maximum Gasteiger partial charge on any atom is 0.387 e. The third-order valence-corrected chi connectivity index (χ3v) is 9.52. The number of carbonyl (C=O) groups excluding carboxylic acids is 1. The number of alkyl halides is 2. The number of tetrazole rings is 1. The van der Waals surface area contributed by atoms with Gasteiger partial charge in [-0.3, -0.25) is 14.4 Å². The van der Waals surface area contributed by atoms with E-state index in [1.165, 1.54) is 16.8 Å². The number of anilines is 1. The molecule has 0 radical (unpaired) electrons. The molecular weight excluding hydrogens is 642 g/mol. The van der Waals surface area contributed by atoms with Crippen molar-refractivity contribution in [2.24, 2.45) is 0 Å². The summed E-state index contributed by atoms with van der Waals surface area (Å²) in [6.45, 7) is 5.13. The van der Waals surface area contributed by atoms with Crippen LogP contribution in [0.5, 0.6) is 5.75 Å². The van der Waals surface area contributed by atoms with Crippen LogP contribution in [-0.2, 0) is 6.54 Å². The highest BCUT2D eigenvalue weighted by molar-refractivity contribution is 7.99. The summed E-state index contributed by atoms with van der Waals surface area (Å²) in [5.41, 5.74) is 1.43. The van der Waals surface area contributed by atoms with E-state index >= 15 is 0 Å². The van der Waals surface area contributed by atoms with Crippen molar-refractivity contribution in [2.75, 3.05) is 38.5 Å². The summed E-state index contributed by atoms with van der Waals surface area (Å²) in [5, 5.41) is 25.3. The van der Waals surface area contributed by atoms with Gasteiger partial charge in [-0.1, -0.05) is 13.8 Å². The zero-order valence-electron chi connectivity index (χ0n) is 26.8. The van der Waals surface area contributed by atoms with Gasteiger partial charge in [0.15, 0.2) is 11.5 Å². The molecular formula is C31H36F2N12O2S. The fourth-order valence-corrected chi connectivity index (χ4v) is 7.00. The van der Waals surface area contributed by atoms with Crippen molar-refractivity contribution in [1.29, 1.82) is 0 Å². The highest BCUT2D eigenvalue weighted by atomic mass is 32.2. The predicted octanol–water partition coefficient (Wildman–Crippen LogP) is 3.93. The van der Waals surface area contributed by atoms with Gasteiger partial charge in [-0.05, 0) is 62.5 Å². The number of nitrogens with one attached hydrogen (secondary N) is 1. The standard InChI is InChI=1S/C31H36F2N12O2S/c1-19(2)48-22-5-6-26(47-31(32)33)23(13-22)28-25(36-30(46)24-14-35-44-10-4-9-34-29(24)44)17-43(39-28)18-27-37-40-45(38-27)21-15-42(16-21)20-7-11-41(3)12-8-20/h4-6,9-10,13-14,17,19-21,31H,7-8,11-12,15-16,18H2,1-3H3,(H,36,46). The lowest BCUT2D eigenvalue weighted by Crippen LogP contribution is -2.55. The fourth-order valence-electron chi connectivity index (χ4n) is 6.12. The van der Waals surface area contributed by atoms with Gasteiger partial charge in [0.1, 0.15) is 23.6 Å². The van der Waals surface area contributed by atoms with E-state index in [9.17, 15) is 13.6 Å². The molecule has 2 aliphatic heterocycles. The van der Waals surface area contributed by atoms with Gasteiger partial charge >= 0.3 is 6.61 Å². The summed E-state index contributed by atoms with van der Waals surface area (Å²) < 4.78 is 35.0. The van der Waals surface area contributed by atoms with E-state index in [1.54, 1.807) is 58.0 Å². The summed E-state index contributed by atoms with van der Waals surface area (Å²) in [6, 6.07) is 7.39. The van der Waals surface area contributed by atoms with Crippen molar-refractivity contribution in [3.8, 4) is 17.0 Å². The molecule has 0 unspecified atom stereocenters. The summed E-state index contributed by atoms with van der Waals surface area (Å²) in [5.74, 6) is -0.129. The second kappa shape index (κ2) is 13.6. The van der Waals surface area contributed by atoms with E-state index in [4.69, 9.17) is 9.84 Å². The Balaban J connectivity index is 1.16. The summed E-state index contributed by atoms with van der Waals surface area (Å²) in [6.07, 6.45) is 8.62. The first-order valence-electron chi connectivity index (χ1n) is 15.8. The minimum atomic E-state index is -3.06. The Kier molecular flexibility index (Phi) is 9.07. The average molecular weight is 679 g/mol. The van der Waals surface area contributed by atoms with Crippen LogP contribution in [0, 0.1) is 0 Å². The van der Waals surface area contributed by atoms with Crippen LogP contribution >= 0.6 is 11.8 Å². The number of aromatic nitrogens is 9. The number of halogens is 2. The van der Waals surface area contributed by atoms with Crippen molar-refractivity contribution in [2.45, 2.75) is 62.1 Å². The van der Waals surface area contributed by atoms with Crippen LogP contribution < -0.4 is 10.1 Å². The van der Waals surface area contributed by atoms with Crippen LogP contribution in [-0.4, -0.2) is 111 Å². The van der Waals surface area contributed by atoms with Gasteiger partial charge in [-0.2, -0.15) is 23.8 Å². The van der Waals surface area contributed by atoms with Crippen LogP contribution in [0.15, 0.2) is 53.9 Å². The maximum absolute atomic E-state index is 13.5. The molecule has 0 spiro atoms. The Bertz CT molecular complexity index is 1890. The van der Waals surface area contributed by atoms with E-state index in [-0.39, 0.29) is 40.5 Å². The molecule has 14 nitrogen and oxygen atoms in total. The molecule has 2 aliphatic rings. The van der Waals surface area contributed by atoms with Crippen LogP contribution in [0.2, 0.25) is 0 Å². The molecule has 0 bridgehead atoms. The molecule has 4 aromatic heterocycles. The first-order chi connectivity index (χ1) is 23.2. The summed E-state index contributed by atoms with van der Waals surface area (Å²) in [4.78, 5) is 25.2. The molecule has 7 rings (SSSR count). The van der Waals surface area contributed by atoms with E-state index in [2.05, 4.69) is 47.7 Å². The smallest absolute Gasteiger partial charge is 0.387 e. The molecule has 252 valence electrons. The molecule has 1 N–H and O–H groups in total. The molecule has 17 heteroatoms. The number of ether oxygens (including phenoxy) is 1. The highest BCUT2D eigenvalue weighted by Crippen LogP contribution is 2.39. The maximum atomic E-state index is 13.5. The van der Waals surface area contributed by atoms with E-state index in [1.807, 2.05) is 13.8 Å². The Hall–Kier alpha value is -4.48. The second-order valence-corrected chi connectivity index (χ2v) is 14.0. The third-order valence-electron chi connectivity index (χ3n) is 8.52. The lowest BCUT2D eigenvalue weighted by Gasteiger charge is -2.45. The van der Waals surface area contributed by atoms with Crippen molar-refractivity contribution in [3.05, 3.63) is 60.4 Å². The van der Waals surface area contributed by atoms with Gasteiger partial charge in [0, 0.05) is 53.4 Å². The molecule has 1 aromatic carbocycles. The van der Waals surface area contributed by atoms with Crippen LogP contribution in [0.4, 0.5) is 14.5 Å². The third kappa shape index (κ3) is 6.88. The zero-order valence-corrected chi connectivity index (χ0v) is 27.6. The van der Waals surface area contributed by atoms with Crippen LogP contribution in [0.25, 0.3) is 16.9 Å². The molecule has 1 amide bonds. The molecule has 0 aliphatic carbocycles. The van der Waals surface area contributed by atoms with Crippen molar-refractivity contribution < 1.29 is 18.3 Å². The molecule has 6 heterocycles. The zero-order chi connectivity index (χ0) is 33.4. The van der Waals surface area contributed by atoms with Crippen LogP contribution in [0.3, 0.4) is 0 Å². The van der Waals surface area contributed by atoms with Crippen molar-refractivity contribution in [3.63, 3.8) is 0 Å². The molecule has 5 aromatic rings. The number of nitrogens with zero attached hydrogens (tertiary/aromatic N) is 11. The number of rotatable bonds is 11. The number of thioether (sulfide) groups is 1. The van der Waals surface area contributed by atoms with Gasteiger partial charge < -0.3 is 15.0 Å². The molecule has 0 atom stereocenters. The first kappa shape index (κ1) is 32.1. The Morgan fingerprint density at radius 2 is 1.96 bits per heavy atom. The Labute approximate surface area is 279 Å². The van der Waals surface area contributed by atoms with Crippen molar-refractivity contribution >= 4 is 29.0 Å². The van der Waals surface area contributed by atoms with E-state index in [0.717, 1.165) is 43.9 Å². The molecule has 0 saturated carbocycles. The number of hydrogen-bond donors (Lipinski definition) is 1. The fraction of sp³-hybridized carbons (Fsp3) is 0.452. The van der Waals surface area contributed by atoms with Gasteiger partial charge in [0.2, 0.25) is 0 Å². The highest BCUT2D eigenvalue weighted by Gasteiger charge is 2.36. The largest absolute Gasteiger partial charge is 0.434 e. The number of piperidine rings is 1. The first-order valence-corrected chi connectivity index (χ1v) is 16.7. The number of hydrogen-bond acceptors (Lipinski definition) is 11. The van der Waals surface area contributed by atoms with Gasteiger partial charge in [0.25, 0.3) is 5.91 Å². The quantitative estimate of drug-likeness (QED) is 0.204. The average Bonchev–Trinajstić information content (AvgIpc) is 3.77. The number of likely N-dealkylation sites (tertiary alicyclic amines) is 2. The summed E-state index contributed by atoms with van der Waals surface area (Å²) in [7, 11) is 2.16. The Morgan fingerprint density at radius 3 is 2.73 bits per heavy atom. The lowest BCUT2D eigenvalue weighted by atomic mass is 9.98. The molecule has 48 heavy (non-hydrogen) atoms. The van der Waals surface area contributed by atoms with Gasteiger partial charge in [-0.25, -0.2) is 9.50 Å². The number of amides is 1. The van der Waals surface area contributed by atoms with E-state index < -0.39 is 12.5 Å².